The zero-order chi connectivity index (χ0) is 44.1. The highest BCUT2D eigenvalue weighted by molar-refractivity contribution is 5.80. The van der Waals surface area contributed by atoms with E-state index >= 15 is 0 Å². The average molecular weight is 860 g/mol. The highest BCUT2D eigenvalue weighted by Gasteiger charge is 2.44. The van der Waals surface area contributed by atoms with Crippen molar-refractivity contribution in [3.8, 4) is 0 Å². The van der Waals surface area contributed by atoms with Crippen LogP contribution in [0.3, 0.4) is 0 Å². The van der Waals surface area contributed by atoms with E-state index < -0.39 is 74.2 Å². The largest absolute Gasteiger partial charge is 0.394 e. The molecule has 0 aromatic carbocycles. The third kappa shape index (κ3) is 28.7. The van der Waals surface area contributed by atoms with Gasteiger partial charge in [0.25, 0.3) is 0 Å². The maximum absolute atomic E-state index is 13.1. The van der Waals surface area contributed by atoms with E-state index in [4.69, 9.17) is 9.47 Å². The first kappa shape index (κ1) is 57.1. The third-order valence-corrected chi connectivity index (χ3v) is 12.7. The fourth-order valence-corrected chi connectivity index (χ4v) is 8.44. The van der Waals surface area contributed by atoms with Crippen LogP contribution in [0.5, 0.6) is 0 Å². The van der Waals surface area contributed by atoms with Crippen LogP contribution < -0.4 is 5.32 Å². The Hall–Kier alpha value is -0.890. The quantitative estimate of drug-likeness (QED) is 0.0275. The zero-order valence-electron chi connectivity index (χ0n) is 38.7. The summed E-state index contributed by atoms with van der Waals surface area (Å²) >= 11 is 0. The van der Waals surface area contributed by atoms with E-state index in [1.165, 1.54) is 161 Å². The SMILES string of the molecule is CCCCCCCCCCCCCCCCCCCC[C@@H](O)C(=O)N[C@@H](CO[C@H]1O[C@H](CO)[C@H](O)[C@H](O)[C@H]1O)[C@H](O)[C@H](O)CCCCCCCCCCCCCCCCC. The second-order valence-electron chi connectivity index (χ2n) is 18.3. The summed E-state index contributed by atoms with van der Waals surface area (Å²) < 4.78 is 11.1. The second-order valence-corrected chi connectivity index (χ2v) is 18.3. The van der Waals surface area contributed by atoms with Crippen molar-refractivity contribution in [2.24, 2.45) is 0 Å². The lowest BCUT2D eigenvalue weighted by atomic mass is 9.98. The van der Waals surface area contributed by atoms with Crippen LogP contribution in [0.15, 0.2) is 0 Å². The number of hydrogen-bond donors (Lipinski definition) is 8. The number of amides is 1. The van der Waals surface area contributed by atoms with Crippen LogP contribution in [0.2, 0.25) is 0 Å². The number of hydrogen-bond acceptors (Lipinski definition) is 10. The molecule has 1 rings (SSSR count). The lowest BCUT2D eigenvalue weighted by Crippen LogP contribution is -2.60. The van der Waals surface area contributed by atoms with Gasteiger partial charge in [0, 0.05) is 0 Å². The summed E-state index contributed by atoms with van der Waals surface area (Å²) in [5, 5.41) is 75.8. The van der Waals surface area contributed by atoms with Gasteiger partial charge in [0.05, 0.1) is 25.4 Å². The average Bonchev–Trinajstić information content (AvgIpc) is 3.25. The Morgan fingerprint density at radius 3 is 1.23 bits per heavy atom. The van der Waals surface area contributed by atoms with Gasteiger partial charge in [0.15, 0.2) is 6.29 Å². The van der Waals surface area contributed by atoms with Crippen LogP contribution in [0.25, 0.3) is 0 Å². The van der Waals surface area contributed by atoms with Crippen molar-refractivity contribution in [3.63, 3.8) is 0 Å². The number of aliphatic hydroxyl groups excluding tert-OH is 7. The molecule has 0 saturated carbocycles. The van der Waals surface area contributed by atoms with Crippen LogP contribution in [0.1, 0.15) is 239 Å². The molecule has 9 atom stereocenters. The van der Waals surface area contributed by atoms with Gasteiger partial charge in [-0.2, -0.15) is 0 Å². The molecule has 0 bridgehead atoms. The Labute approximate surface area is 367 Å². The normalized spacial score (nSPS) is 21.5. The van der Waals surface area contributed by atoms with Gasteiger partial charge in [0.1, 0.15) is 36.6 Å². The lowest BCUT2D eigenvalue weighted by Gasteiger charge is -2.40. The molecular formula is C49H97NO10. The first-order valence-corrected chi connectivity index (χ1v) is 25.4. The minimum absolute atomic E-state index is 0.267. The van der Waals surface area contributed by atoms with Crippen LogP contribution in [-0.2, 0) is 14.3 Å². The van der Waals surface area contributed by atoms with Gasteiger partial charge in [0.2, 0.25) is 5.91 Å². The molecule has 358 valence electrons. The summed E-state index contributed by atoms with van der Waals surface area (Å²) in [7, 11) is 0. The summed E-state index contributed by atoms with van der Waals surface area (Å²) in [6.07, 6.45) is 30.0. The van der Waals surface area contributed by atoms with Crippen molar-refractivity contribution in [1.29, 1.82) is 0 Å². The summed E-state index contributed by atoms with van der Waals surface area (Å²) in [5.74, 6) is -0.692. The van der Waals surface area contributed by atoms with E-state index in [0.717, 1.165) is 38.5 Å². The minimum atomic E-state index is -1.66. The number of rotatable bonds is 43. The first-order valence-electron chi connectivity index (χ1n) is 25.4. The molecule has 0 radical (unpaired) electrons. The molecule has 1 saturated heterocycles. The topological polar surface area (TPSA) is 189 Å². The van der Waals surface area contributed by atoms with Crippen molar-refractivity contribution in [2.45, 2.75) is 294 Å². The van der Waals surface area contributed by atoms with E-state index in [1.807, 2.05) is 0 Å². The van der Waals surface area contributed by atoms with Gasteiger partial charge in [-0.05, 0) is 12.8 Å². The lowest BCUT2D eigenvalue weighted by molar-refractivity contribution is -0.303. The Kier molecular flexibility index (Phi) is 37.8. The van der Waals surface area contributed by atoms with Crippen molar-refractivity contribution in [3.05, 3.63) is 0 Å². The van der Waals surface area contributed by atoms with Crippen LogP contribution in [0.4, 0.5) is 0 Å². The minimum Gasteiger partial charge on any atom is -0.394 e. The van der Waals surface area contributed by atoms with Crippen molar-refractivity contribution < 1.29 is 50.0 Å². The van der Waals surface area contributed by atoms with Gasteiger partial charge in [-0.3, -0.25) is 4.79 Å². The van der Waals surface area contributed by atoms with Gasteiger partial charge < -0.3 is 50.5 Å². The van der Waals surface area contributed by atoms with E-state index in [1.54, 1.807) is 0 Å². The number of carbonyl (C=O) groups excluding carboxylic acids is 1. The van der Waals surface area contributed by atoms with Crippen molar-refractivity contribution in [2.75, 3.05) is 13.2 Å². The van der Waals surface area contributed by atoms with E-state index in [2.05, 4.69) is 19.2 Å². The number of ether oxygens (including phenoxy) is 2. The smallest absolute Gasteiger partial charge is 0.249 e. The summed E-state index contributed by atoms with van der Waals surface area (Å²) in [6.45, 7) is 3.47. The molecule has 1 fully saturated rings. The van der Waals surface area contributed by atoms with Gasteiger partial charge in [-0.15, -0.1) is 0 Å². The van der Waals surface area contributed by atoms with Gasteiger partial charge in [-0.25, -0.2) is 0 Å². The highest BCUT2D eigenvalue weighted by atomic mass is 16.7. The van der Waals surface area contributed by atoms with Crippen LogP contribution >= 0.6 is 0 Å². The number of unbranched alkanes of at least 4 members (excludes halogenated alkanes) is 31. The van der Waals surface area contributed by atoms with Gasteiger partial charge in [-0.1, -0.05) is 226 Å². The van der Waals surface area contributed by atoms with Crippen LogP contribution in [0, 0.1) is 0 Å². The highest BCUT2D eigenvalue weighted by Crippen LogP contribution is 2.23. The predicted molar refractivity (Wildman–Crippen MR) is 243 cm³/mol. The Balaban J connectivity index is 2.39. The maximum atomic E-state index is 13.1. The maximum Gasteiger partial charge on any atom is 0.249 e. The van der Waals surface area contributed by atoms with Gasteiger partial charge >= 0.3 is 0 Å². The van der Waals surface area contributed by atoms with Crippen molar-refractivity contribution >= 4 is 5.91 Å². The number of carbonyl (C=O) groups is 1. The van der Waals surface area contributed by atoms with E-state index in [0.29, 0.717) is 19.3 Å². The molecule has 0 aromatic heterocycles. The second kappa shape index (κ2) is 39.7. The molecule has 1 amide bonds. The Bertz CT molecular complexity index is 944. The molecule has 0 aliphatic carbocycles. The molecule has 0 spiro atoms. The zero-order valence-corrected chi connectivity index (χ0v) is 38.7. The standard InChI is InChI=1S/C49H97NO10/c1-3-5-7-9-11-13-15-17-19-20-21-23-25-27-29-31-33-35-37-42(53)48(58)50-40(39-59-49-47(57)46(56)45(55)43(38-51)60-49)44(54)41(52)36-34-32-30-28-26-24-22-18-16-14-12-10-8-6-4-2/h40-47,49,51-57H,3-39H2,1-2H3,(H,50,58)/t40-,41+,42+,43+,44-,45-,46-,47+,49-/m0/s1. The molecule has 0 unspecified atom stereocenters. The fraction of sp³-hybridized carbons (Fsp3) is 0.980. The molecule has 8 N–H and O–H groups in total. The predicted octanol–water partition coefficient (Wildman–Crippen LogP) is 9.06. The molecule has 11 heteroatoms. The molecule has 1 aliphatic heterocycles. The molecule has 11 nitrogen and oxygen atoms in total. The first-order chi connectivity index (χ1) is 29.2. The van der Waals surface area contributed by atoms with E-state index in [-0.39, 0.29) is 6.42 Å². The molecule has 1 aliphatic rings. The van der Waals surface area contributed by atoms with Crippen molar-refractivity contribution in [1.82, 2.24) is 5.32 Å². The van der Waals surface area contributed by atoms with Crippen LogP contribution in [-0.4, -0.2) is 110 Å². The Morgan fingerprint density at radius 1 is 0.517 bits per heavy atom. The fourth-order valence-electron chi connectivity index (χ4n) is 8.44. The summed E-state index contributed by atoms with van der Waals surface area (Å²) in [4.78, 5) is 13.1. The molecule has 0 aromatic rings. The molecular weight excluding hydrogens is 763 g/mol. The Morgan fingerprint density at radius 2 is 0.867 bits per heavy atom. The number of nitrogens with one attached hydrogen (secondary N) is 1. The third-order valence-electron chi connectivity index (χ3n) is 12.7. The monoisotopic (exact) mass is 860 g/mol. The summed E-state index contributed by atoms with van der Waals surface area (Å²) in [5.41, 5.74) is 0. The van der Waals surface area contributed by atoms with E-state index in [9.17, 15) is 40.5 Å². The molecule has 60 heavy (non-hydrogen) atoms. The summed E-state index contributed by atoms with van der Waals surface area (Å²) in [6, 6.07) is -1.16. The molecule has 1 heterocycles. The number of aliphatic hydroxyl groups is 7.